The van der Waals surface area contributed by atoms with Crippen LogP contribution in [-0.4, -0.2) is 45.0 Å². The van der Waals surface area contributed by atoms with Crippen molar-refractivity contribution in [3.63, 3.8) is 0 Å². The molecule has 3 rings (SSSR count). The van der Waals surface area contributed by atoms with Gasteiger partial charge in [0.2, 0.25) is 11.8 Å². The summed E-state index contributed by atoms with van der Waals surface area (Å²) in [5.74, 6) is 1.88. The van der Waals surface area contributed by atoms with Crippen molar-refractivity contribution in [3.05, 3.63) is 36.0 Å². The Labute approximate surface area is 171 Å². The second kappa shape index (κ2) is 9.03. The summed E-state index contributed by atoms with van der Waals surface area (Å²) < 4.78 is 2.05. The lowest BCUT2D eigenvalue weighted by molar-refractivity contribution is -0.137. The van der Waals surface area contributed by atoms with Gasteiger partial charge in [0.25, 0.3) is 0 Å². The van der Waals surface area contributed by atoms with Crippen molar-refractivity contribution < 1.29 is 9.59 Å². The van der Waals surface area contributed by atoms with Crippen molar-refractivity contribution in [2.75, 3.05) is 11.6 Å². The number of nitrogens with one attached hydrogen (secondary N) is 1. The fourth-order valence-electron chi connectivity index (χ4n) is 3.73. The van der Waals surface area contributed by atoms with Gasteiger partial charge >= 0.3 is 0 Å². The van der Waals surface area contributed by atoms with E-state index in [0.717, 1.165) is 29.3 Å². The minimum atomic E-state index is -0.367. The average Bonchev–Trinajstić information content (AvgIpc) is 3.26. The van der Waals surface area contributed by atoms with E-state index < -0.39 is 0 Å². The van der Waals surface area contributed by atoms with Gasteiger partial charge in [-0.2, -0.15) is 0 Å². The highest BCUT2D eigenvalue weighted by molar-refractivity contribution is 7.99. The molecule has 0 spiro atoms. The highest BCUT2D eigenvalue weighted by atomic mass is 32.2. The first-order valence-corrected chi connectivity index (χ1v) is 11.2. The molecule has 2 atom stereocenters. The Morgan fingerprint density at radius 1 is 1.21 bits per heavy atom. The Balaban J connectivity index is 1.65. The topological polar surface area (TPSA) is 54.3 Å². The standard InChI is InChI=1S/C22H31N3O2S/c1-15(2)9-10-16(3)23-22(27)20-13-28-14-25(20)21(26)11-17-12-24(4)19-8-6-5-7-18(17)19/h5-8,12,15-16,20H,9-11,13-14H2,1-4H3,(H,23,27). The molecule has 1 aliphatic rings. The molecular weight excluding hydrogens is 370 g/mol. The second-order valence-electron chi connectivity index (χ2n) is 8.22. The first kappa shape index (κ1) is 20.8. The van der Waals surface area contributed by atoms with Gasteiger partial charge in [0.1, 0.15) is 6.04 Å². The predicted octanol–water partition coefficient (Wildman–Crippen LogP) is 3.56. The van der Waals surface area contributed by atoms with Crippen LogP contribution in [0.2, 0.25) is 0 Å². The smallest absolute Gasteiger partial charge is 0.243 e. The fraction of sp³-hybridized carbons (Fsp3) is 0.545. The Morgan fingerprint density at radius 2 is 1.96 bits per heavy atom. The molecule has 0 saturated carbocycles. The molecular formula is C22H31N3O2S. The Kier molecular flexibility index (Phi) is 6.70. The molecule has 0 aliphatic carbocycles. The van der Waals surface area contributed by atoms with Crippen LogP contribution in [0, 0.1) is 5.92 Å². The molecule has 0 bridgehead atoms. The van der Waals surface area contributed by atoms with Gasteiger partial charge in [-0.3, -0.25) is 9.59 Å². The van der Waals surface area contributed by atoms with Crippen LogP contribution in [0.4, 0.5) is 0 Å². The van der Waals surface area contributed by atoms with E-state index in [1.165, 1.54) is 0 Å². The molecule has 2 unspecified atom stereocenters. The molecule has 28 heavy (non-hydrogen) atoms. The van der Waals surface area contributed by atoms with E-state index in [4.69, 9.17) is 0 Å². The van der Waals surface area contributed by atoms with Crippen LogP contribution in [0.15, 0.2) is 30.5 Å². The fourth-order valence-corrected chi connectivity index (χ4v) is 4.91. The number of thioether (sulfide) groups is 1. The van der Waals surface area contributed by atoms with E-state index in [1.807, 2.05) is 32.3 Å². The van der Waals surface area contributed by atoms with Crippen molar-refractivity contribution in [2.45, 2.75) is 52.1 Å². The van der Waals surface area contributed by atoms with E-state index in [0.29, 0.717) is 24.0 Å². The zero-order valence-electron chi connectivity index (χ0n) is 17.3. The normalized spacial score (nSPS) is 18.0. The molecule has 1 aromatic heterocycles. The van der Waals surface area contributed by atoms with E-state index in [-0.39, 0.29) is 23.9 Å². The van der Waals surface area contributed by atoms with Gasteiger partial charge in [-0.15, -0.1) is 11.8 Å². The van der Waals surface area contributed by atoms with Gasteiger partial charge in [0.15, 0.2) is 0 Å². The molecule has 152 valence electrons. The predicted molar refractivity (Wildman–Crippen MR) is 116 cm³/mol. The molecule has 0 radical (unpaired) electrons. The zero-order valence-corrected chi connectivity index (χ0v) is 18.1. The summed E-state index contributed by atoms with van der Waals surface area (Å²) in [7, 11) is 2.00. The van der Waals surface area contributed by atoms with Gasteiger partial charge in [0.05, 0.1) is 12.3 Å². The highest BCUT2D eigenvalue weighted by Crippen LogP contribution is 2.25. The van der Waals surface area contributed by atoms with Crippen molar-refractivity contribution in [2.24, 2.45) is 13.0 Å². The third kappa shape index (κ3) is 4.72. The lowest BCUT2D eigenvalue weighted by Gasteiger charge is -2.25. The summed E-state index contributed by atoms with van der Waals surface area (Å²) in [5, 5.41) is 4.21. The number of hydrogen-bond acceptors (Lipinski definition) is 3. The van der Waals surface area contributed by atoms with Crippen LogP contribution in [-0.2, 0) is 23.1 Å². The SMILES string of the molecule is CC(C)CCC(C)NC(=O)C1CSCN1C(=O)Cc1cn(C)c2ccccc12. The maximum Gasteiger partial charge on any atom is 0.243 e. The van der Waals surface area contributed by atoms with E-state index in [1.54, 1.807) is 16.7 Å². The van der Waals surface area contributed by atoms with Gasteiger partial charge < -0.3 is 14.8 Å². The zero-order chi connectivity index (χ0) is 20.3. The molecule has 1 aromatic carbocycles. The number of aromatic nitrogens is 1. The number of rotatable bonds is 7. The van der Waals surface area contributed by atoms with Crippen LogP contribution in [0.5, 0.6) is 0 Å². The lowest BCUT2D eigenvalue weighted by Crippen LogP contribution is -2.49. The Bertz CT molecular complexity index is 845. The van der Waals surface area contributed by atoms with Gasteiger partial charge in [0, 0.05) is 35.9 Å². The third-order valence-corrected chi connectivity index (χ3v) is 6.40. The molecule has 1 fully saturated rings. The van der Waals surface area contributed by atoms with Crippen molar-refractivity contribution in [1.82, 2.24) is 14.8 Å². The van der Waals surface area contributed by atoms with Gasteiger partial charge in [-0.1, -0.05) is 32.0 Å². The van der Waals surface area contributed by atoms with E-state index in [2.05, 4.69) is 35.9 Å². The molecule has 1 saturated heterocycles. The minimum Gasteiger partial charge on any atom is -0.352 e. The molecule has 2 aromatic rings. The summed E-state index contributed by atoms with van der Waals surface area (Å²) in [5.41, 5.74) is 2.14. The van der Waals surface area contributed by atoms with Crippen LogP contribution in [0.1, 0.15) is 39.2 Å². The quantitative estimate of drug-likeness (QED) is 0.772. The second-order valence-corrected chi connectivity index (χ2v) is 9.22. The minimum absolute atomic E-state index is 0.0208. The monoisotopic (exact) mass is 401 g/mol. The Morgan fingerprint density at radius 3 is 2.71 bits per heavy atom. The number of amides is 2. The van der Waals surface area contributed by atoms with Crippen molar-refractivity contribution in [3.8, 4) is 0 Å². The summed E-state index contributed by atoms with van der Waals surface area (Å²) >= 11 is 1.65. The maximum absolute atomic E-state index is 13.0. The van der Waals surface area contributed by atoms with Crippen LogP contribution in [0.3, 0.4) is 0 Å². The molecule has 2 heterocycles. The number of benzene rings is 1. The number of nitrogens with zero attached hydrogens (tertiary/aromatic N) is 2. The summed E-state index contributed by atoms with van der Waals surface area (Å²) in [6, 6.07) is 7.88. The first-order chi connectivity index (χ1) is 13.4. The lowest BCUT2D eigenvalue weighted by atomic mass is 10.0. The number of hydrogen-bond donors (Lipinski definition) is 1. The Hall–Kier alpha value is -1.95. The first-order valence-electron chi connectivity index (χ1n) is 10.1. The molecule has 1 N–H and O–H groups in total. The largest absolute Gasteiger partial charge is 0.352 e. The number of aryl methyl sites for hydroxylation is 1. The number of carbonyl (C=O) groups excluding carboxylic acids is 2. The van der Waals surface area contributed by atoms with Gasteiger partial charge in [-0.05, 0) is 37.3 Å². The summed E-state index contributed by atoms with van der Waals surface area (Å²) in [6.07, 6.45) is 4.40. The summed E-state index contributed by atoms with van der Waals surface area (Å²) in [4.78, 5) is 27.5. The van der Waals surface area contributed by atoms with E-state index in [9.17, 15) is 9.59 Å². The van der Waals surface area contributed by atoms with Crippen molar-refractivity contribution >= 4 is 34.5 Å². The average molecular weight is 402 g/mol. The summed E-state index contributed by atoms with van der Waals surface area (Å²) in [6.45, 7) is 6.43. The number of fused-ring (bicyclic) bond motifs is 1. The maximum atomic E-state index is 13.0. The molecule has 5 nitrogen and oxygen atoms in total. The molecule has 6 heteroatoms. The molecule has 1 aliphatic heterocycles. The third-order valence-electron chi connectivity index (χ3n) is 5.39. The number of carbonyl (C=O) groups is 2. The van der Waals surface area contributed by atoms with Gasteiger partial charge in [-0.25, -0.2) is 0 Å². The van der Waals surface area contributed by atoms with E-state index >= 15 is 0 Å². The number of para-hydroxylation sites is 1. The molecule has 2 amide bonds. The van der Waals surface area contributed by atoms with Crippen LogP contribution < -0.4 is 5.32 Å². The van der Waals surface area contributed by atoms with Crippen LogP contribution in [0.25, 0.3) is 10.9 Å². The highest BCUT2D eigenvalue weighted by Gasteiger charge is 2.35. The van der Waals surface area contributed by atoms with Crippen molar-refractivity contribution in [1.29, 1.82) is 0 Å². The van der Waals surface area contributed by atoms with Crippen LogP contribution >= 0.6 is 11.8 Å².